The van der Waals surface area contributed by atoms with E-state index < -0.39 is 12.7 Å². The van der Waals surface area contributed by atoms with Crippen LogP contribution in [-0.2, 0) is 0 Å². The van der Waals surface area contributed by atoms with Crippen LogP contribution in [0.2, 0.25) is 18.6 Å². The van der Waals surface area contributed by atoms with Crippen molar-refractivity contribution in [3.8, 4) is 0 Å². The predicted octanol–water partition coefficient (Wildman–Crippen LogP) is 5.75. The molecule has 0 nitrogen and oxygen atoms in total. The van der Waals surface area contributed by atoms with E-state index in [0.717, 1.165) is 37.8 Å². The first-order valence-electron chi connectivity index (χ1n) is 4.65. The fourth-order valence-electron chi connectivity index (χ4n) is 1.11. The van der Waals surface area contributed by atoms with Gasteiger partial charge in [0, 0.05) is 0 Å². The minimum absolute atomic E-state index is 0.758. The SMILES string of the molecule is C[Si](Cl)(Cl)CCCCCC[Si](Cl)(Cl)Cl. The van der Waals surface area contributed by atoms with E-state index in [9.17, 15) is 0 Å². The third kappa shape index (κ3) is 13.9. The Hall–Kier alpha value is 1.88. The van der Waals surface area contributed by atoms with E-state index in [-0.39, 0.29) is 0 Å². The summed E-state index contributed by atoms with van der Waals surface area (Å²) in [6.45, 7) is 0.0696. The van der Waals surface area contributed by atoms with E-state index in [1.807, 2.05) is 6.55 Å². The van der Waals surface area contributed by atoms with Gasteiger partial charge < -0.3 is 0 Å². The van der Waals surface area contributed by atoms with Crippen LogP contribution in [0.1, 0.15) is 25.7 Å². The van der Waals surface area contributed by atoms with Gasteiger partial charge >= 0.3 is 6.00 Å². The number of unbranched alkanes of at least 4 members (excludes halogenated alkanes) is 3. The predicted molar refractivity (Wildman–Crippen MR) is 74.7 cm³/mol. The van der Waals surface area contributed by atoms with Gasteiger partial charge in [0.05, 0.1) is 0 Å². The number of rotatable bonds is 7. The van der Waals surface area contributed by atoms with Crippen LogP contribution in [0.25, 0.3) is 0 Å². The van der Waals surface area contributed by atoms with Gasteiger partial charge in [0.2, 0.25) is 6.69 Å². The topological polar surface area (TPSA) is 0 Å². The Labute approximate surface area is 112 Å². The Morgan fingerprint density at radius 3 is 1.50 bits per heavy atom. The Kier molecular flexibility index (Phi) is 8.23. The summed E-state index contributed by atoms with van der Waals surface area (Å²) in [5.74, 6) is 0. The maximum absolute atomic E-state index is 5.97. The number of halogens is 5. The fraction of sp³-hybridized carbons (Fsp3) is 1.00. The summed E-state index contributed by atoms with van der Waals surface area (Å²) >= 11 is 29.2. The van der Waals surface area contributed by atoms with Crippen LogP contribution in [0.4, 0.5) is 0 Å². The molecule has 0 aliphatic rings. The van der Waals surface area contributed by atoms with Crippen molar-refractivity contribution in [3.63, 3.8) is 0 Å². The van der Waals surface area contributed by atoms with Gasteiger partial charge in [-0.3, -0.25) is 0 Å². The van der Waals surface area contributed by atoms with Crippen LogP contribution in [0.5, 0.6) is 0 Å². The molecule has 7 heteroatoms. The van der Waals surface area contributed by atoms with Crippen molar-refractivity contribution < 1.29 is 0 Å². The molecule has 0 aliphatic heterocycles. The summed E-state index contributed by atoms with van der Waals surface area (Å²) in [7, 11) is 0. The highest BCUT2D eigenvalue weighted by Gasteiger charge is 2.23. The molecule has 0 saturated carbocycles. The van der Waals surface area contributed by atoms with Crippen molar-refractivity contribution in [1.82, 2.24) is 0 Å². The first kappa shape index (κ1) is 15.9. The van der Waals surface area contributed by atoms with Gasteiger partial charge in [0.1, 0.15) is 0 Å². The molecule has 0 bridgehead atoms. The molecule has 0 aromatic heterocycles. The molecule has 0 unspecified atom stereocenters. The highest BCUT2D eigenvalue weighted by molar-refractivity contribution is 7.64. The van der Waals surface area contributed by atoms with Gasteiger partial charge in [0.25, 0.3) is 0 Å². The molecule has 0 radical (unpaired) electrons. The Morgan fingerprint density at radius 1 is 0.714 bits per heavy atom. The van der Waals surface area contributed by atoms with Crippen molar-refractivity contribution >= 4 is 68.1 Å². The van der Waals surface area contributed by atoms with Gasteiger partial charge in [-0.25, -0.2) is 0 Å². The molecule has 0 aromatic carbocycles. The lowest BCUT2D eigenvalue weighted by Gasteiger charge is -2.10. The molecule has 0 aromatic rings. The quantitative estimate of drug-likeness (QED) is 0.316. The zero-order valence-electron chi connectivity index (χ0n) is 8.13. The summed E-state index contributed by atoms with van der Waals surface area (Å²) < 4.78 is 0. The van der Waals surface area contributed by atoms with Gasteiger partial charge in [-0.05, 0) is 18.6 Å². The Bertz CT molecular complexity index is 133. The molecular formula is C7H15Cl5Si2. The van der Waals surface area contributed by atoms with E-state index in [0.29, 0.717) is 0 Å². The summed E-state index contributed by atoms with van der Waals surface area (Å²) in [5.41, 5.74) is 0. The smallest absolute Gasteiger partial charge is 0.146 e. The highest BCUT2D eigenvalue weighted by Crippen LogP contribution is 2.28. The Morgan fingerprint density at radius 2 is 1.14 bits per heavy atom. The average molecular weight is 333 g/mol. The van der Waals surface area contributed by atoms with Crippen LogP contribution in [-0.4, -0.2) is 12.7 Å². The monoisotopic (exact) mass is 330 g/mol. The first-order valence-corrected chi connectivity index (χ1v) is 14.6. The third-order valence-electron chi connectivity index (χ3n) is 1.83. The third-order valence-corrected chi connectivity index (χ3v) is 6.81. The second-order valence-corrected chi connectivity index (χ2v) is 21.1. The molecule has 0 heterocycles. The van der Waals surface area contributed by atoms with Crippen LogP contribution in [0.3, 0.4) is 0 Å². The molecule has 0 N–H and O–H groups in total. The molecule has 0 fully saturated rings. The standard InChI is InChI=1S/C7H15Cl5Si2/c1-13(8,9)6-4-2-3-5-7-14(10,11)12/h2-7H2,1H3. The molecule has 0 saturated heterocycles. The van der Waals surface area contributed by atoms with Crippen molar-refractivity contribution in [2.45, 2.75) is 44.3 Å². The van der Waals surface area contributed by atoms with Crippen LogP contribution in [0, 0.1) is 0 Å². The highest BCUT2D eigenvalue weighted by atomic mass is 35.8. The molecule has 14 heavy (non-hydrogen) atoms. The van der Waals surface area contributed by atoms with E-state index in [2.05, 4.69) is 0 Å². The molecule has 0 amide bonds. The second-order valence-electron chi connectivity index (χ2n) is 3.60. The Balaban J connectivity index is 3.23. The van der Waals surface area contributed by atoms with Gasteiger partial charge in [0.15, 0.2) is 0 Å². The van der Waals surface area contributed by atoms with Crippen LogP contribution >= 0.6 is 55.4 Å². The zero-order valence-corrected chi connectivity index (χ0v) is 13.9. The summed E-state index contributed by atoms with van der Waals surface area (Å²) in [4.78, 5) is 0. The average Bonchev–Trinajstić information content (AvgIpc) is 1.92. The number of hydrogen-bond acceptors (Lipinski definition) is 0. The summed E-state index contributed by atoms with van der Waals surface area (Å²) in [6, 6.07) is -0.663. The minimum atomic E-state index is -2.38. The zero-order chi connectivity index (χ0) is 11.2. The van der Waals surface area contributed by atoms with Gasteiger partial charge in [-0.1, -0.05) is 25.7 Å². The van der Waals surface area contributed by atoms with Crippen molar-refractivity contribution in [3.05, 3.63) is 0 Å². The largest absolute Gasteiger partial charge is 0.341 e. The van der Waals surface area contributed by atoms with Crippen LogP contribution in [0.15, 0.2) is 0 Å². The first-order chi connectivity index (χ1) is 6.21. The molecule has 0 rings (SSSR count). The molecule has 0 atom stereocenters. The molecule has 86 valence electrons. The van der Waals surface area contributed by atoms with E-state index >= 15 is 0 Å². The maximum atomic E-state index is 5.97. The lowest BCUT2D eigenvalue weighted by atomic mass is 10.2. The number of hydrogen-bond donors (Lipinski definition) is 0. The molecule has 0 aliphatic carbocycles. The van der Waals surface area contributed by atoms with Crippen molar-refractivity contribution in [2.24, 2.45) is 0 Å². The van der Waals surface area contributed by atoms with E-state index in [4.69, 9.17) is 55.4 Å². The normalized spacial score (nSPS) is 13.3. The summed E-state index contributed by atoms with van der Waals surface area (Å²) in [6.07, 6.45) is 4.35. The van der Waals surface area contributed by atoms with Gasteiger partial charge in [-0.2, -0.15) is 0 Å². The van der Waals surface area contributed by atoms with Crippen LogP contribution < -0.4 is 0 Å². The minimum Gasteiger partial charge on any atom is -0.146 e. The lowest BCUT2D eigenvalue weighted by Crippen LogP contribution is -2.11. The van der Waals surface area contributed by atoms with Crippen molar-refractivity contribution in [1.29, 1.82) is 0 Å². The van der Waals surface area contributed by atoms with Crippen molar-refractivity contribution in [2.75, 3.05) is 0 Å². The lowest BCUT2D eigenvalue weighted by molar-refractivity contribution is 0.697. The summed E-state index contributed by atoms with van der Waals surface area (Å²) in [5, 5.41) is 0. The maximum Gasteiger partial charge on any atom is 0.341 e. The second kappa shape index (κ2) is 7.26. The molecular weight excluding hydrogens is 318 g/mol. The van der Waals surface area contributed by atoms with E-state index in [1.165, 1.54) is 0 Å². The fourth-order valence-corrected chi connectivity index (χ4v) is 4.64. The van der Waals surface area contributed by atoms with Gasteiger partial charge in [-0.15, -0.1) is 55.4 Å². The molecule has 0 spiro atoms. The van der Waals surface area contributed by atoms with E-state index in [1.54, 1.807) is 0 Å².